The van der Waals surface area contributed by atoms with Gasteiger partial charge in [0.05, 0.1) is 10.9 Å². The van der Waals surface area contributed by atoms with Crippen molar-refractivity contribution in [2.24, 2.45) is 0 Å². The van der Waals surface area contributed by atoms with Crippen molar-refractivity contribution in [1.29, 1.82) is 0 Å². The molecule has 0 aliphatic rings. The Hall–Kier alpha value is -1.11. The standard InChI is InChI=1S/C14H21ClN2O3S/c1-9(2)17-14(18)10(3)16-8-11-12(15)6-5-7-13(11)21(4,19)20/h5-7,9-10,16H,8H2,1-4H3,(H,17,18). The lowest BCUT2D eigenvalue weighted by atomic mass is 10.2. The van der Waals surface area contributed by atoms with Crippen LogP contribution in [0, 0.1) is 0 Å². The number of hydrogen-bond donors (Lipinski definition) is 2. The van der Waals surface area contributed by atoms with Crippen LogP contribution in [0.2, 0.25) is 5.02 Å². The number of sulfone groups is 1. The highest BCUT2D eigenvalue weighted by Crippen LogP contribution is 2.23. The third-order valence-corrected chi connectivity index (χ3v) is 4.42. The molecule has 118 valence electrons. The fourth-order valence-electron chi connectivity index (χ4n) is 1.82. The highest BCUT2D eigenvalue weighted by Gasteiger charge is 2.18. The van der Waals surface area contributed by atoms with Crippen molar-refractivity contribution in [1.82, 2.24) is 10.6 Å². The molecule has 21 heavy (non-hydrogen) atoms. The van der Waals surface area contributed by atoms with Crippen molar-refractivity contribution in [3.63, 3.8) is 0 Å². The normalized spacial score (nSPS) is 13.2. The number of rotatable bonds is 6. The molecule has 0 heterocycles. The minimum Gasteiger partial charge on any atom is -0.353 e. The second kappa shape index (κ2) is 7.24. The van der Waals surface area contributed by atoms with Gasteiger partial charge in [0.1, 0.15) is 0 Å². The molecule has 0 spiro atoms. The Morgan fingerprint density at radius 3 is 2.43 bits per heavy atom. The van der Waals surface area contributed by atoms with E-state index in [0.717, 1.165) is 6.26 Å². The smallest absolute Gasteiger partial charge is 0.237 e. The molecular weight excluding hydrogens is 312 g/mol. The van der Waals surface area contributed by atoms with E-state index in [1.54, 1.807) is 19.1 Å². The molecular formula is C14H21ClN2O3S. The van der Waals surface area contributed by atoms with Gasteiger partial charge in [-0.1, -0.05) is 17.7 Å². The van der Waals surface area contributed by atoms with E-state index in [1.807, 2.05) is 13.8 Å². The zero-order valence-corrected chi connectivity index (χ0v) is 14.2. The topological polar surface area (TPSA) is 75.3 Å². The van der Waals surface area contributed by atoms with Crippen molar-refractivity contribution in [3.8, 4) is 0 Å². The zero-order valence-electron chi connectivity index (χ0n) is 12.6. The van der Waals surface area contributed by atoms with E-state index in [9.17, 15) is 13.2 Å². The number of amides is 1. The molecule has 1 amide bonds. The Kier molecular flexibility index (Phi) is 6.19. The maximum atomic E-state index is 11.8. The fourth-order valence-corrected chi connectivity index (χ4v) is 3.07. The minimum atomic E-state index is -3.37. The lowest BCUT2D eigenvalue weighted by Gasteiger charge is -2.17. The average molecular weight is 333 g/mol. The highest BCUT2D eigenvalue weighted by molar-refractivity contribution is 7.90. The molecule has 0 saturated carbocycles. The third-order valence-electron chi connectivity index (χ3n) is 2.88. The van der Waals surface area contributed by atoms with Crippen molar-refractivity contribution >= 4 is 27.3 Å². The molecule has 1 rings (SSSR count). The first-order valence-corrected chi connectivity index (χ1v) is 8.91. The summed E-state index contributed by atoms with van der Waals surface area (Å²) in [7, 11) is -3.37. The van der Waals surface area contributed by atoms with E-state index in [4.69, 9.17) is 11.6 Å². The van der Waals surface area contributed by atoms with E-state index >= 15 is 0 Å². The van der Waals surface area contributed by atoms with Gasteiger partial charge in [0.25, 0.3) is 0 Å². The molecule has 7 heteroatoms. The maximum absolute atomic E-state index is 11.8. The number of benzene rings is 1. The minimum absolute atomic E-state index is 0.0497. The predicted molar refractivity (Wildman–Crippen MR) is 84.1 cm³/mol. The van der Waals surface area contributed by atoms with E-state index in [0.29, 0.717) is 10.6 Å². The monoisotopic (exact) mass is 332 g/mol. The molecule has 2 N–H and O–H groups in total. The summed E-state index contributed by atoms with van der Waals surface area (Å²) in [6, 6.07) is 4.34. The molecule has 1 aromatic rings. The van der Waals surface area contributed by atoms with Crippen LogP contribution in [-0.4, -0.2) is 32.7 Å². The van der Waals surface area contributed by atoms with Gasteiger partial charge in [-0.15, -0.1) is 0 Å². The van der Waals surface area contributed by atoms with Gasteiger partial charge in [0.2, 0.25) is 5.91 Å². The molecule has 1 aromatic carbocycles. The van der Waals surface area contributed by atoms with Crippen LogP contribution in [-0.2, 0) is 21.2 Å². The van der Waals surface area contributed by atoms with Crippen LogP contribution in [0.25, 0.3) is 0 Å². The average Bonchev–Trinajstić information content (AvgIpc) is 2.34. The molecule has 5 nitrogen and oxygen atoms in total. The van der Waals surface area contributed by atoms with Crippen LogP contribution in [0.1, 0.15) is 26.3 Å². The van der Waals surface area contributed by atoms with Gasteiger partial charge in [-0.2, -0.15) is 0 Å². The largest absolute Gasteiger partial charge is 0.353 e. The Balaban J connectivity index is 2.87. The van der Waals surface area contributed by atoms with Crippen LogP contribution in [0.3, 0.4) is 0 Å². The number of nitrogens with one attached hydrogen (secondary N) is 2. The molecule has 1 unspecified atom stereocenters. The Labute approximate surface area is 131 Å². The summed E-state index contributed by atoms with van der Waals surface area (Å²) < 4.78 is 23.5. The van der Waals surface area contributed by atoms with Crippen LogP contribution < -0.4 is 10.6 Å². The molecule has 0 radical (unpaired) electrons. The maximum Gasteiger partial charge on any atom is 0.237 e. The summed E-state index contributed by atoms with van der Waals surface area (Å²) in [5, 5.41) is 6.14. The lowest BCUT2D eigenvalue weighted by Crippen LogP contribution is -2.44. The number of hydrogen-bond acceptors (Lipinski definition) is 4. The predicted octanol–water partition coefficient (Wildman–Crippen LogP) is 1.75. The molecule has 0 fully saturated rings. The van der Waals surface area contributed by atoms with E-state index < -0.39 is 15.9 Å². The molecule has 1 atom stereocenters. The van der Waals surface area contributed by atoms with Gasteiger partial charge in [-0.05, 0) is 32.9 Å². The summed E-state index contributed by atoms with van der Waals surface area (Å²) in [6.45, 7) is 5.67. The quantitative estimate of drug-likeness (QED) is 0.832. The second-order valence-electron chi connectivity index (χ2n) is 5.25. The van der Waals surface area contributed by atoms with Crippen LogP contribution in [0.5, 0.6) is 0 Å². The van der Waals surface area contributed by atoms with Gasteiger partial charge in [-0.25, -0.2) is 8.42 Å². The summed E-state index contributed by atoms with van der Waals surface area (Å²) in [5.41, 5.74) is 0.478. The molecule has 0 bridgehead atoms. The number of halogens is 1. The van der Waals surface area contributed by atoms with Crippen LogP contribution in [0.4, 0.5) is 0 Å². The van der Waals surface area contributed by atoms with Crippen molar-refractivity contribution in [2.75, 3.05) is 6.26 Å². The summed E-state index contributed by atoms with van der Waals surface area (Å²) in [5.74, 6) is -0.141. The highest BCUT2D eigenvalue weighted by atomic mass is 35.5. The van der Waals surface area contributed by atoms with Crippen LogP contribution >= 0.6 is 11.6 Å². The molecule has 0 aromatic heterocycles. The van der Waals surface area contributed by atoms with E-state index in [-0.39, 0.29) is 23.4 Å². The molecule has 0 aliphatic heterocycles. The second-order valence-corrected chi connectivity index (χ2v) is 7.65. The van der Waals surface area contributed by atoms with E-state index in [2.05, 4.69) is 10.6 Å². The van der Waals surface area contributed by atoms with E-state index in [1.165, 1.54) is 6.07 Å². The van der Waals surface area contributed by atoms with Gasteiger partial charge in [0, 0.05) is 29.4 Å². The molecule has 0 saturated heterocycles. The summed E-state index contributed by atoms with van der Waals surface area (Å²) >= 11 is 6.08. The first-order chi connectivity index (χ1) is 9.62. The third kappa shape index (κ3) is 5.30. The number of carbonyl (C=O) groups is 1. The number of carbonyl (C=O) groups excluding carboxylic acids is 1. The first kappa shape index (κ1) is 17.9. The van der Waals surface area contributed by atoms with Gasteiger partial charge >= 0.3 is 0 Å². The Morgan fingerprint density at radius 2 is 1.90 bits per heavy atom. The summed E-state index contributed by atoms with van der Waals surface area (Å²) in [6.07, 6.45) is 1.14. The fraction of sp³-hybridized carbons (Fsp3) is 0.500. The summed E-state index contributed by atoms with van der Waals surface area (Å²) in [4.78, 5) is 12.0. The molecule has 0 aliphatic carbocycles. The van der Waals surface area contributed by atoms with Gasteiger partial charge in [0.15, 0.2) is 9.84 Å². The van der Waals surface area contributed by atoms with Crippen molar-refractivity contribution in [2.45, 2.75) is 44.3 Å². The Bertz CT molecular complexity index is 615. The van der Waals surface area contributed by atoms with Crippen LogP contribution in [0.15, 0.2) is 23.1 Å². The van der Waals surface area contributed by atoms with Crippen molar-refractivity contribution < 1.29 is 13.2 Å². The van der Waals surface area contributed by atoms with Crippen molar-refractivity contribution in [3.05, 3.63) is 28.8 Å². The lowest BCUT2D eigenvalue weighted by molar-refractivity contribution is -0.123. The SMILES string of the molecule is CC(C)NC(=O)C(C)NCc1c(Cl)cccc1S(C)(=O)=O. The Morgan fingerprint density at radius 1 is 1.29 bits per heavy atom. The van der Waals surface area contributed by atoms with Gasteiger partial charge in [-0.3, -0.25) is 4.79 Å². The first-order valence-electron chi connectivity index (χ1n) is 6.64. The zero-order chi connectivity index (χ0) is 16.2. The van der Waals surface area contributed by atoms with Gasteiger partial charge < -0.3 is 10.6 Å².